The van der Waals surface area contributed by atoms with E-state index < -0.39 is 0 Å². The van der Waals surface area contributed by atoms with Crippen LogP contribution in [-0.2, 0) is 0 Å². The Hall–Kier alpha value is -0.510. The SMILES string of the molecule is C=c1cc(I)cc/c1=C(/NC)C(C)C. The number of hydrogen-bond acceptors (Lipinski definition) is 1. The summed E-state index contributed by atoms with van der Waals surface area (Å²) in [5, 5.41) is 5.57. The molecule has 0 unspecified atom stereocenters. The van der Waals surface area contributed by atoms with Crippen LogP contribution in [0.4, 0.5) is 0 Å². The quantitative estimate of drug-likeness (QED) is 0.820. The number of benzene rings is 1. The molecule has 1 aromatic rings. The molecule has 2 heteroatoms. The van der Waals surface area contributed by atoms with Gasteiger partial charge in [-0.05, 0) is 45.9 Å². The lowest BCUT2D eigenvalue weighted by atomic mass is 10.1. The van der Waals surface area contributed by atoms with Crippen LogP contribution < -0.4 is 15.8 Å². The van der Waals surface area contributed by atoms with Crippen LogP contribution >= 0.6 is 22.6 Å². The molecule has 0 aliphatic heterocycles. The minimum absolute atomic E-state index is 0.501. The Morgan fingerprint density at radius 3 is 2.50 bits per heavy atom. The fraction of sp³-hybridized carbons (Fsp3) is 0.333. The summed E-state index contributed by atoms with van der Waals surface area (Å²) in [4.78, 5) is 0. The Morgan fingerprint density at radius 2 is 2.07 bits per heavy atom. The van der Waals surface area contributed by atoms with Crippen molar-refractivity contribution in [3.8, 4) is 0 Å². The lowest BCUT2D eigenvalue weighted by molar-refractivity contribution is 0.788. The van der Waals surface area contributed by atoms with Gasteiger partial charge in [-0.1, -0.05) is 26.5 Å². The molecule has 1 aromatic carbocycles. The van der Waals surface area contributed by atoms with Crippen molar-refractivity contribution >= 4 is 34.9 Å². The monoisotopic (exact) mass is 301 g/mol. The second kappa shape index (κ2) is 4.82. The van der Waals surface area contributed by atoms with E-state index in [-0.39, 0.29) is 0 Å². The smallest absolute Gasteiger partial charge is 0.0209 e. The van der Waals surface area contributed by atoms with Crippen LogP contribution in [0.1, 0.15) is 13.8 Å². The highest BCUT2D eigenvalue weighted by atomic mass is 127. The normalized spacial score (nSPS) is 12.9. The molecule has 0 bridgehead atoms. The number of rotatable bonds is 2. The summed E-state index contributed by atoms with van der Waals surface area (Å²) in [6, 6.07) is 6.36. The molecule has 0 saturated heterocycles. The first-order valence-corrected chi connectivity index (χ1v) is 5.80. The van der Waals surface area contributed by atoms with E-state index in [0.29, 0.717) is 5.92 Å². The van der Waals surface area contributed by atoms with Crippen molar-refractivity contribution in [2.24, 2.45) is 5.92 Å². The first-order valence-electron chi connectivity index (χ1n) is 4.72. The van der Waals surface area contributed by atoms with Crippen LogP contribution in [0.2, 0.25) is 0 Å². The molecule has 0 aliphatic rings. The Morgan fingerprint density at radius 1 is 1.43 bits per heavy atom. The van der Waals surface area contributed by atoms with E-state index in [9.17, 15) is 0 Å². The number of nitrogens with one attached hydrogen (secondary N) is 1. The summed E-state index contributed by atoms with van der Waals surface area (Å²) < 4.78 is 1.23. The average Bonchev–Trinajstić information content (AvgIpc) is 2.09. The van der Waals surface area contributed by atoms with Gasteiger partial charge < -0.3 is 5.32 Å². The van der Waals surface area contributed by atoms with Gasteiger partial charge in [0.2, 0.25) is 0 Å². The van der Waals surface area contributed by atoms with Crippen LogP contribution in [0.15, 0.2) is 18.2 Å². The predicted molar refractivity (Wildman–Crippen MR) is 71.2 cm³/mol. The number of halogens is 1. The van der Waals surface area contributed by atoms with Gasteiger partial charge in [-0.15, -0.1) is 0 Å². The molecule has 76 valence electrons. The summed E-state index contributed by atoms with van der Waals surface area (Å²) in [6.07, 6.45) is 0. The Labute approximate surface area is 99.1 Å². The third kappa shape index (κ3) is 2.50. The van der Waals surface area contributed by atoms with E-state index in [1.165, 1.54) is 14.5 Å². The van der Waals surface area contributed by atoms with E-state index in [4.69, 9.17) is 0 Å². The Balaban J connectivity index is 3.49. The molecular formula is C12H16IN. The van der Waals surface area contributed by atoms with Crippen LogP contribution in [0.3, 0.4) is 0 Å². The van der Waals surface area contributed by atoms with Crippen molar-refractivity contribution in [3.63, 3.8) is 0 Å². The van der Waals surface area contributed by atoms with Crippen molar-refractivity contribution in [1.82, 2.24) is 5.32 Å². The number of hydrogen-bond donors (Lipinski definition) is 1. The Bertz CT molecular complexity index is 420. The summed E-state index contributed by atoms with van der Waals surface area (Å²) in [7, 11) is 1.97. The van der Waals surface area contributed by atoms with Crippen molar-refractivity contribution in [3.05, 3.63) is 32.2 Å². The van der Waals surface area contributed by atoms with Gasteiger partial charge in [-0.2, -0.15) is 0 Å². The molecule has 0 aromatic heterocycles. The molecule has 1 N–H and O–H groups in total. The molecule has 0 fully saturated rings. The maximum absolute atomic E-state index is 4.07. The van der Waals surface area contributed by atoms with Crippen molar-refractivity contribution in [2.45, 2.75) is 13.8 Å². The molecule has 14 heavy (non-hydrogen) atoms. The molecule has 1 rings (SSSR count). The summed E-state index contributed by atoms with van der Waals surface area (Å²) in [5.41, 5.74) is 1.26. The lowest BCUT2D eigenvalue weighted by Gasteiger charge is -2.11. The highest BCUT2D eigenvalue weighted by Gasteiger charge is 2.01. The molecule has 1 nitrogen and oxygen atoms in total. The van der Waals surface area contributed by atoms with Crippen LogP contribution in [-0.4, -0.2) is 7.05 Å². The largest absolute Gasteiger partial charge is 0.391 e. The van der Waals surface area contributed by atoms with Crippen LogP contribution in [0, 0.1) is 9.49 Å². The Kier molecular flexibility index (Phi) is 3.98. The maximum Gasteiger partial charge on any atom is 0.0209 e. The summed E-state index contributed by atoms with van der Waals surface area (Å²) in [6.45, 7) is 8.43. The molecule has 0 saturated carbocycles. The van der Waals surface area contributed by atoms with Gasteiger partial charge in [0.15, 0.2) is 0 Å². The topological polar surface area (TPSA) is 12.0 Å². The highest BCUT2D eigenvalue weighted by Crippen LogP contribution is 2.03. The minimum atomic E-state index is 0.501. The molecule has 0 heterocycles. The van der Waals surface area contributed by atoms with Crippen LogP contribution in [0.5, 0.6) is 0 Å². The molecule has 0 amide bonds. The zero-order valence-corrected chi connectivity index (χ0v) is 11.1. The fourth-order valence-electron chi connectivity index (χ4n) is 1.56. The lowest BCUT2D eigenvalue weighted by Crippen LogP contribution is -2.32. The van der Waals surface area contributed by atoms with E-state index in [2.05, 4.69) is 66.5 Å². The average molecular weight is 301 g/mol. The second-order valence-corrected chi connectivity index (χ2v) is 4.87. The van der Waals surface area contributed by atoms with Gasteiger partial charge >= 0.3 is 0 Å². The van der Waals surface area contributed by atoms with E-state index in [1.807, 2.05) is 7.05 Å². The van der Waals surface area contributed by atoms with E-state index in [0.717, 1.165) is 5.22 Å². The first kappa shape index (κ1) is 11.6. The van der Waals surface area contributed by atoms with Gasteiger partial charge in [0.05, 0.1) is 0 Å². The van der Waals surface area contributed by atoms with E-state index >= 15 is 0 Å². The maximum atomic E-state index is 4.07. The van der Waals surface area contributed by atoms with Crippen molar-refractivity contribution in [1.29, 1.82) is 0 Å². The molecular weight excluding hydrogens is 285 g/mol. The standard InChI is InChI=1S/C12H16IN/c1-8(2)12(14-4)11-6-5-10(13)7-9(11)3/h5-8,14H,3H2,1-2,4H3/b12-11-. The fourth-order valence-corrected chi connectivity index (χ4v) is 2.12. The minimum Gasteiger partial charge on any atom is -0.391 e. The van der Waals surface area contributed by atoms with Gasteiger partial charge in [-0.25, -0.2) is 0 Å². The second-order valence-electron chi connectivity index (χ2n) is 3.62. The zero-order valence-electron chi connectivity index (χ0n) is 8.89. The van der Waals surface area contributed by atoms with Crippen LogP contribution in [0.25, 0.3) is 12.3 Å². The third-order valence-electron chi connectivity index (χ3n) is 2.20. The molecule has 0 aliphatic carbocycles. The van der Waals surface area contributed by atoms with Gasteiger partial charge in [0.1, 0.15) is 0 Å². The predicted octanol–water partition coefficient (Wildman–Crippen LogP) is 1.69. The molecule has 0 atom stereocenters. The molecule has 0 radical (unpaired) electrons. The van der Waals surface area contributed by atoms with E-state index in [1.54, 1.807) is 0 Å². The van der Waals surface area contributed by atoms with Gasteiger partial charge in [-0.3, -0.25) is 0 Å². The zero-order chi connectivity index (χ0) is 10.7. The third-order valence-corrected chi connectivity index (χ3v) is 2.88. The first-order chi connectivity index (χ1) is 6.56. The highest BCUT2D eigenvalue weighted by molar-refractivity contribution is 14.1. The van der Waals surface area contributed by atoms with Gasteiger partial charge in [0.25, 0.3) is 0 Å². The summed E-state index contributed by atoms with van der Waals surface area (Å²) >= 11 is 2.31. The molecule has 0 spiro atoms. The van der Waals surface area contributed by atoms with Gasteiger partial charge in [0, 0.05) is 21.5 Å². The van der Waals surface area contributed by atoms with Crippen molar-refractivity contribution in [2.75, 3.05) is 7.05 Å². The summed E-state index contributed by atoms with van der Waals surface area (Å²) in [5.74, 6) is 0.501. The van der Waals surface area contributed by atoms with Crippen molar-refractivity contribution < 1.29 is 0 Å².